The van der Waals surface area contributed by atoms with Gasteiger partial charge in [0, 0.05) is 13.0 Å². The average molecular weight is 603 g/mol. The molecule has 1 aliphatic heterocycles. The Labute approximate surface area is 245 Å². The highest BCUT2D eigenvalue weighted by atomic mass is 32.2. The van der Waals surface area contributed by atoms with Gasteiger partial charge in [0.15, 0.2) is 0 Å². The molecule has 1 saturated heterocycles. The monoisotopic (exact) mass is 602 g/mol. The molecule has 0 aromatic rings. The minimum Gasteiger partial charge on any atom is -0.481 e. The van der Waals surface area contributed by atoms with Crippen LogP contribution in [0.5, 0.6) is 0 Å². The molecule has 0 saturated carbocycles. The van der Waals surface area contributed by atoms with Crippen molar-refractivity contribution in [2.24, 2.45) is 17.4 Å². The molecule has 0 bridgehead atoms. The summed E-state index contributed by atoms with van der Waals surface area (Å²) in [6.45, 7) is 4.35. The quantitative estimate of drug-likeness (QED) is 0.0908. The number of carboxylic acids is 2. The molecular formula is C26H46N6O8S. The predicted molar refractivity (Wildman–Crippen MR) is 154 cm³/mol. The van der Waals surface area contributed by atoms with E-state index < -0.39 is 66.3 Å². The van der Waals surface area contributed by atoms with Gasteiger partial charge in [-0.25, -0.2) is 4.79 Å². The van der Waals surface area contributed by atoms with Crippen molar-refractivity contribution < 1.29 is 39.0 Å². The van der Waals surface area contributed by atoms with Crippen molar-refractivity contribution in [1.82, 2.24) is 20.9 Å². The molecule has 14 nitrogen and oxygen atoms in total. The predicted octanol–water partition coefficient (Wildman–Crippen LogP) is -0.753. The fourth-order valence-electron chi connectivity index (χ4n) is 4.38. The first kappa shape index (κ1) is 36.1. The van der Waals surface area contributed by atoms with E-state index in [9.17, 15) is 33.9 Å². The summed E-state index contributed by atoms with van der Waals surface area (Å²) in [5.41, 5.74) is 11.5. The molecule has 9 N–H and O–H groups in total. The topological polar surface area (TPSA) is 234 Å². The lowest BCUT2D eigenvalue weighted by atomic mass is 10.0. The van der Waals surface area contributed by atoms with E-state index in [2.05, 4.69) is 16.0 Å². The summed E-state index contributed by atoms with van der Waals surface area (Å²) >= 11 is 1.44. The summed E-state index contributed by atoms with van der Waals surface area (Å²) in [7, 11) is 0. The van der Waals surface area contributed by atoms with Crippen LogP contribution < -0.4 is 27.4 Å². The number of rotatable bonds is 19. The highest BCUT2D eigenvalue weighted by molar-refractivity contribution is 7.98. The van der Waals surface area contributed by atoms with Gasteiger partial charge in [-0.3, -0.25) is 24.0 Å². The highest BCUT2D eigenvalue weighted by Crippen LogP contribution is 2.20. The molecule has 0 unspecified atom stereocenters. The molecule has 4 amide bonds. The van der Waals surface area contributed by atoms with Gasteiger partial charge in [0.25, 0.3) is 0 Å². The van der Waals surface area contributed by atoms with E-state index in [1.165, 1.54) is 16.7 Å². The average Bonchev–Trinajstić information content (AvgIpc) is 3.41. The number of hydrogen-bond acceptors (Lipinski definition) is 9. The van der Waals surface area contributed by atoms with Crippen LogP contribution in [0.4, 0.5) is 0 Å². The van der Waals surface area contributed by atoms with Crippen molar-refractivity contribution in [2.75, 3.05) is 25.1 Å². The van der Waals surface area contributed by atoms with Gasteiger partial charge in [-0.2, -0.15) is 11.8 Å². The third kappa shape index (κ3) is 12.2. The maximum Gasteiger partial charge on any atom is 0.326 e. The third-order valence-electron chi connectivity index (χ3n) is 6.93. The van der Waals surface area contributed by atoms with Crippen LogP contribution >= 0.6 is 11.8 Å². The van der Waals surface area contributed by atoms with Crippen LogP contribution in [0.2, 0.25) is 0 Å². The van der Waals surface area contributed by atoms with E-state index in [4.69, 9.17) is 16.6 Å². The molecule has 1 aliphatic rings. The molecule has 1 rings (SSSR count). The van der Waals surface area contributed by atoms with Crippen molar-refractivity contribution >= 4 is 47.3 Å². The number of carboxylic acid groups (broad SMARTS) is 2. The Hall–Kier alpha value is -2.91. The number of carbonyl (C=O) groups is 6. The summed E-state index contributed by atoms with van der Waals surface area (Å²) in [5, 5.41) is 26.2. The normalized spacial score (nSPS) is 17.8. The lowest BCUT2D eigenvalue weighted by Gasteiger charge is -2.29. The highest BCUT2D eigenvalue weighted by Gasteiger charge is 2.38. The summed E-state index contributed by atoms with van der Waals surface area (Å²) in [6.07, 6.45) is 3.41. The molecule has 234 valence electrons. The van der Waals surface area contributed by atoms with Gasteiger partial charge in [-0.1, -0.05) is 13.8 Å². The number of hydrogen-bond donors (Lipinski definition) is 7. The Bertz CT molecular complexity index is 920. The van der Waals surface area contributed by atoms with Crippen molar-refractivity contribution in [3.63, 3.8) is 0 Å². The molecule has 0 radical (unpaired) electrons. The number of likely N-dealkylation sites (tertiary alicyclic amines) is 1. The van der Waals surface area contributed by atoms with E-state index in [-0.39, 0.29) is 31.1 Å². The zero-order chi connectivity index (χ0) is 31.1. The van der Waals surface area contributed by atoms with Gasteiger partial charge >= 0.3 is 11.9 Å². The fraction of sp³-hybridized carbons (Fsp3) is 0.769. The van der Waals surface area contributed by atoms with Crippen molar-refractivity contribution in [3.05, 3.63) is 0 Å². The van der Waals surface area contributed by atoms with Gasteiger partial charge in [-0.05, 0) is 69.4 Å². The Morgan fingerprint density at radius 2 is 1.54 bits per heavy atom. The van der Waals surface area contributed by atoms with Gasteiger partial charge in [0.1, 0.15) is 24.2 Å². The van der Waals surface area contributed by atoms with Gasteiger partial charge in [0.05, 0.1) is 6.04 Å². The van der Waals surface area contributed by atoms with E-state index >= 15 is 0 Å². The van der Waals surface area contributed by atoms with Crippen LogP contribution in [-0.4, -0.2) is 106 Å². The number of nitrogens with two attached hydrogens (primary N) is 2. The Balaban J connectivity index is 3.05. The molecule has 41 heavy (non-hydrogen) atoms. The Kier molecular flexibility index (Phi) is 16.3. The SMILES string of the molecule is CSCC[C@H](NC(=O)[C@@H]1CCCN1C(=O)[C@@H](N)C(C)C)C(=O)N[C@@H](CCC(=O)O)C(=O)N[C@@H](CCCCN)C(=O)O. The summed E-state index contributed by atoms with van der Waals surface area (Å²) < 4.78 is 0. The van der Waals surface area contributed by atoms with Crippen molar-refractivity contribution in [3.8, 4) is 0 Å². The lowest BCUT2D eigenvalue weighted by molar-refractivity contribution is -0.143. The molecule has 1 fully saturated rings. The first-order valence-corrected chi connectivity index (χ1v) is 15.3. The Morgan fingerprint density at radius 1 is 0.927 bits per heavy atom. The number of carbonyl (C=O) groups excluding carboxylic acids is 4. The van der Waals surface area contributed by atoms with Crippen LogP contribution in [0, 0.1) is 5.92 Å². The van der Waals surface area contributed by atoms with Crippen LogP contribution in [-0.2, 0) is 28.8 Å². The third-order valence-corrected chi connectivity index (χ3v) is 7.57. The fourth-order valence-corrected chi connectivity index (χ4v) is 4.85. The second kappa shape index (κ2) is 18.5. The Morgan fingerprint density at radius 3 is 2.07 bits per heavy atom. The zero-order valence-electron chi connectivity index (χ0n) is 24.1. The summed E-state index contributed by atoms with van der Waals surface area (Å²) in [4.78, 5) is 76.7. The second-order valence-electron chi connectivity index (χ2n) is 10.5. The van der Waals surface area contributed by atoms with E-state index in [1.807, 2.05) is 20.1 Å². The molecule has 15 heteroatoms. The van der Waals surface area contributed by atoms with Gasteiger partial charge in [-0.15, -0.1) is 0 Å². The summed E-state index contributed by atoms with van der Waals surface area (Å²) in [5.74, 6) is -4.53. The molecule has 0 aliphatic carbocycles. The van der Waals surface area contributed by atoms with Crippen molar-refractivity contribution in [2.45, 2.75) is 95.4 Å². The maximum atomic E-state index is 13.3. The number of thioether (sulfide) groups is 1. The molecule has 0 aromatic heterocycles. The van der Waals surface area contributed by atoms with Crippen molar-refractivity contribution in [1.29, 1.82) is 0 Å². The number of amides is 4. The number of aliphatic carboxylic acids is 2. The molecule has 5 atom stereocenters. The molecule has 0 aromatic carbocycles. The zero-order valence-corrected chi connectivity index (χ0v) is 24.9. The second-order valence-corrected chi connectivity index (χ2v) is 11.5. The van der Waals surface area contributed by atoms with Gasteiger partial charge < -0.3 is 42.5 Å². The first-order valence-electron chi connectivity index (χ1n) is 13.9. The first-order chi connectivity index (χ1) is 19.3. The molecular weight excluding hydrogens is 556 g/mol. The molecule has 1 heterocycles. The van der Waals surface area contributed by atoms with Crippen LogP contribution in [0.15, 0.2) is 0 Å². The van der Waals surface area contributed by atoms with Crippen LogP contribution in [0.3, 0.4) is 0 Å². The van der Waals surface area contributed by atoms with Crippen LogP contribution in [0.1, 0.15) is 65.2 Å². The van der Waals surface area contributed by atoms with E-state index in [1.54, 1.807) is 0 Å². The summed E-state index contributed by atoms with van der Waals surface area (Å²) in [6, 6.07) is -5.23. The minimum atomic E-state index is -1.35. The lowest BCUT2D eigenvalue weighted by Crippen LogP contribution is -2.58. The number of nitrogens with one attached hydrogen (secondary N) is 3. The number of unbranched alkanes of at least 4 members (excludes halogenated alkanes) is 1. The van der Waals surface area contributed by atoms with E-state index in [0.29, 0.717) is 44.5 Å². The largest absolute Gasteiger partial charge is 0.481 e. The number of nitrogens with zero attached hydrogens (tertiary/aromatic N) is 1. The maximum absolute atomic E-state index is 13.3. The van der Waals surface area contributed by atoms with Gasteiger partial charge in [0.2, 0.25) is 23.6 Å². The molecule has 0 spiro atoms. The van der Waals surface area contributed by atoms with Crippen LogP contribution in [0.25, 0.3) is 0 Å². The van der Waals surface area contributed by atoms with E-state index in [0.717, 1.165) is 0 Å². The standard InChI is InChI=1S/C26H46N6O8S/c1-15(2)21(28)25(38)32-13-6-8-19(32)24(37)30-17(11-14-41-3)23(36)29-16(9-10-20(33)34)22(35)31-18(26(39)40)7-4-5-12-27/h15-19,21H,4-14,27-28H2,1-3H3,(H,29,36)(H,30,37)(H,31,35)(H,33,34)(H,39,40)/t16-,17-,18-,19-,21-/m0/s1. The minimum absolute atomic E-state index is 0.112. The smallest absolute Gasteiger partial charge is 0.326 e.